The number of alkyl halides is 1. The van der Waals surface area contributed by atoms with Gasteiger partial charge in [-0.25, -0.2) is 9.78 Å². The Morgan fingerprint density at radius 2 is 2.00 bits per heavy atom. The van der Waals surface area contributed by atoms with Gasteiger partial charge in [-0.3, -0.25) is 5.32 Å². The van der Waals surface area contributed by atoms with E-state index in [4.69, 9.17) is 16.3 Å². The largest absolute Gasteiger partial charge is 0.444 e. The topological polar surface area (TPSA) is 51.2 Å². The van der Waals surface area contributed by atoms with Crippen molar-refractivity contribution in [2.24, 2.45) is 0 Å². The highest BCUT2D eigenvalue weighted by molar-refractivity contribution is 9.10. The van der Waals surface area contributed by atoms with E-state index in [1.165, 1.54) is 0 Å². The summed E-state index contributed by atoms with van der Waals surface area (Å²) in [5, 5.41) is 2.59. The minimum absolute atomic E-state index is 0.205. The van der Waals surface area contributed by atoms with Crippen molar-refractivity contribution < 1.29 is 9.53 Å². The quantitative estimate of drug-likeness (QED) is 0.656. The van der Waals surface area contributed by atoms with Crippen molar-refractivity contribution in [2.75, 3.05) is 5.32 Å². The van der Waals surface area contributed by atoms with E-state index in [9.17, 15) is 4.79 Å². The Kier molecular flexibility index (Phi) is 5.38. The first-order valence-electron chi connectivity index (χ1n) is 5.88. The minimum Gasteiger partial charge on any atom is -0.444 e. The fraction of sp³-hybridized carbons (Fsp3) is 0.143. The van der Waals surface area contributed by atoms with Crippen LogP contribution in [0.3, 0.4) is 0 Å². The van der Waals surface area contributed by atoms with Gasteiger partial charge in [0, 0.05) is 5.56 Å². The number of amides is 1. The van der Waals surface area contributed by atoms with Crippen LogP contribution < -0.4 is 5.32 Å². The lowest BCUT2D eigenvalue weighted by atomic mass is 10.2. The molecule has 1 aromatic heterocycles. The second kappa shape index (κ2) is 7.26. The number of carbonyl (C=O) groups excluding carboxylic acids is 1. The number of anilines is 1. The van der Waals surface area contributed by atoms with Gasteiger partial charge in [0.1, 0.15) is 17.0 Å². The van der Waals surface area contributed by atoms with E-state index >= 15 is 0 Å². The lowest BCUT2D eigenvalue weighted by molar-refractivity contribution is 0.155. The minimum atomic E-state index is -0.564. The van der Waals surface area contributed by atoms with Crippen LogP contribution >= 0.6 is 27.5 Å². The monoisotopic (exact) mass is 354 g/mol. The predicted molar refractivity (Wildman–Crippen MR) is 81.7 cm³/mol. The molecular formula is C14H12BrClN2O2. The zero-order chi connectivity index (χ0) is 14.4. The van der Waals surface area contributed by atoms with Gasteiger partial charge in [0.05, 0.1) is 5.88 Å². The number of nitrogens with zero attached hydrogens (tertiary/aromatic N) is 1. The fourth-order valence-electron chi connectivity index (χ4n) is 1.54. The summed E-state index contributed by atoms with van der Waals surface area (Å²) in [4.78, 5) is 15.9. The SMILES string of the molecule is O=C(Nc1nc(Br)ccc1CCl)OCc1ccccc1. The second-order valence-corrected chi connectivity index (χ2v) is 5.04. The molecule has 0 spiro atoms. The normalized spacial score (nSPS) is 10.1. The van der Waals surface area contributed by atoms with E-state index < -0.39 is 6.09 Å². The number of pyridine rings is 1. The van der Waals surface area contributed by atoms with Crippen LogP contribution in [0.1, 0.15) is 11.1 Å². The van der Waals surface area contributed by atoms with Crippen LogP contribution in [0.4, 0.5) is 10.6 Å². The van der Waals surface area contributed by atoms with E-state index in [-0.39, 0.29) is 12.5 Å². The van der Waals surface area contributed by atoms with Gasteiger partial charge < -0.3 is 4.74 Å². The maximum Gasteiger partial charge on any atom is 0.413 e. The summed E-state index contributed by atoms with van der Waals surface area (Å²) in [5.41, 5.74) is 1.65. The van der Waals surface area contributed by atoms with Crippen LogP contribution in [-0.2, 0) is 17.2 Å². The smallest absolute Gasteiger partial charge is 0.413 e. The van der Waals surface area contributed by atoms with Crippen molar-refractivity contribution in [1.29, 1.82) is 0 Å². The van der Waals surface area contributed by atoms with Gasteiger partial charge in [0.25, 0.3) is 0 Å². The number of ether oxygens (including phenoxy) is 1. The number of benzene rings is 1. The summed E-state index contributed by atoms with van der Waals surface area (Å²) in [5.74, 6) is 0.654. The van der Waals surface area contributed by atoms with Gasteiger partial charge in [-0.05, 0) is 27.6 Å². The van der Waals surface area contributed by atoms with Crippen LogP contribution in [0, 0.1) is 0 Å². The van der Waals surface area contributed by atoms with E-state index in [0.717, 1.165) is 11.1 Å². The summed E-state index contributed by atoms with van der Waals surface area (Å²) < 4.78 is 5.74. The first-order valence-corrected chi connectivity index (χ1v) is 7.21. The van der Waals surface area contributed by atoms with Crippen molar-refractivity contribution in [3.63, 3.8) is 0 Å². The number of hydrogen-bond acceptors (Lipinski definition) is 3. The van der Waals surface area contributed by atoms with E-state index in [2.05, 4.69) is 26.2 Å². The molecule has 0 unspecified atom stereocenters. The van der Waals surface area contributed by atoms with Gasteiger partial charge in [-0.1, -0.05) is 36.4 Å². The number of aromatic nitrogens is 1. The highest BCUT2D eigenvalue weighted by Crippen LogP contribution is 2.19. The van der Waals surface area contributed by atoms with Gasteiger partial charge >= 0.3 is 6.09 Å². The Morgan fingerprint density at radius 1 is 1.25 bits per heavy atom. The molecule has 0 aliphatic heterocycles. The lowest BCUT2D eigenvalue weighted by Crippen LogP contribution is -2.15. The molecule has 4 nitrogen and oxygen atoms in total. The van der Waals surface area contributed by atoms with Gasteiger partial charge in [-0.15, -0.1) is 11.6 Å². The molecule has 0 bridgehead atoms. The molecular weight excluding hydrogens is 344 g/mol. The Labute approximate surface area is 130 Å². The molecule has 6 heteroatoms. The first-order chi connectivity index (χ1) is 9.69. The summed E-state index contributed by atoms with van der Waals surface area (Å²) in [7, 11) is 0. The molecule has 2 aromatic rings. The molecule has 0 aliphatic carbocycles. The van der Waals surface area contributed by atoms with E-state index in [1.807, 2.05) is 30.3 Å². The molecule has 0 radical (unpaired) electrons. The van der Waals surface area contributed by atoms with Crippen LogP contribution in [0.5, 0.6) is 0 Å². The Bertz CT molecular complexity index is 593. The van der Waals surface area contributed by atoms with Gasteiger partial charge in [0.15, 0.2) is 0 Å². The molecule has 0 saturated carbocycles. The van der Waals surface area contributed by atoms with Gasteiger partial charge in [-0.2, -0.15) is 0 Å². The first kappa shape index (κ1) is 14.8. The molecule has 20 heavy (non-hydrogen) atoms. The molecule has 1 amide bonds. The molecule has 1 heterocycles. The lowest BCUT2D eigenvalue weighted by Gasteiger charge is -2.09. The second-order valence-electron chi connectivity index (χ2n) is 3.96. The molecule has 1 aromatic carbocycles. The summed E-state index contributed by atoms with van der Waals surface area (Å²) in [6.45, 7) is 0.205. The van der Waals surface area contributed by atoms with Crippen molar-refractivity contribution >= 4 is 39.4 Å². The molecule has 0 fully saturated rings. The Hall–Kier alpha value is -1.59. The van der Waals surface area contributed by atoms with E-state index in [0.29, 0.717) is 10.4 Å². The third kappa shape index (κ3) is 4.21. The van der Waals surface area contributed by atoms with Gasteiger partial charge in [0.2, 0.25) is 0 Å². The average Bonchev–Trinajstić information content (AvgIpc) is 2.46. The maximum absolute atomic E-state index is 11.7. The third-order valence-electron chi connectivity index (χ3n) is 2.52. The zero-order valence-electron chi connectivity index (χ0n) is 10.5. The molecule has 2 rings (SSSR count). The van der Waals surface area contributed by atoms with Crippen molar-refractivity contribution in [1.82, 2.24) is 4.98 Å². The van der Waals surface area contributed by atoms with Crippen molar-refractivity contribution in [3.8, 4) is 0 Å². The van der Waals surface area contributed by atoms with E-state index in [1.54, 1.807) is 12.1 Å². The summed E-state index contributed by atoms with van der Waals surface area (Å²) >= 11 is 9.04. The van der Waals surface area contributed by atoms with Crippen LogP contribution in [0.2, 0.25) is 0 Å². The van der Waals surface area contributed by atoms with Crippen LogP contribution in [0.25, 0.3) is 0 Å². The van der Waals surface area contributed by atoms with Crippen molar-refractivity contribution in [2.45, 2.75) is 12.5 Å². The third-order valence-corrected chi connectivity index (χ3v) is 3.25. The Balaban J connectivity index is 1.96. The standard InChI is InChI=1S/C14H12BrClN2O2/c15-12-7-6-11(8-16)13(17-12)18-14(19)20-9-10-4-2-1-3-5-10/h1-7H,8-9H2,(H,17,18,19). The number of halogens is 2. The Morgan fingerprint density at radius 3 is 2.70 bits per heavy atom. The number of rotatable bonds is 4. The number of nitrogens with one attached hydrogen (secondary N) is 1. The zero-order valence-corrected chi connectivity index (χ0v) is 12.8. The molecule has 1 N–H and O–H groups in total. The maximum atomic E-state index is 11.7. The average molecular weight is 356 g/mol. The van der Waals surface area contributed by atoms with Crippen LogP contribution in [0.15, 0.2) is 47.1 Å². The highest BCUT2D eigenvalue weighted by atomic mass is 79.9. The number of carbonyl (C=O) groups is 1. The molecule has 0 atom stereocenters. The van der Waals surface area contributed by atoms with Crippen molar-refractivity contribution in [3.05, 3.63) is 58.2 Å². The summed E-state index contributed by atoms with van der Waals surface area (Å²) in [6, 6.07) is 13.0. The molecule has 104 valence electrons. The molecule has 0 saturated heterocycles. The molecule has 0 aliphatic rings. The predicted octanol–water partition coefficient (Wildman–Crippen LogP) is 4.33. The fourth-order valence-corrected chi connectivity index (χ4v) is 2.06. The number of hydrogen-bond donors (Lipinski definition) is 1. The highest BCUT2D eigenvalue weighted by Gasteiger charge is 2.09. The van der Waals surface area contributed by atoms with Crippen LogP contribution in [-0.4, -0.2) is 11.1 Å². The summed E-state index contributed by atoms with van der Waals surface area (Å²) in [6.07, 6.45) is -0.564.